The summed E-state index contributed by atoms with van der Waals surface area (Å²) in [6, 6.07) is 0. The number of hydrogen-bond donors (Lipinski definition) is 0. The SMILES string of the molecule is C=CCCC(C)=C(C)C(C)(C)C. The molecule has 0 aliphatic rings. The largest absolute Gasteiger partial charge is 0.103 e. The lowest BCUT2D eigenvalue weighted by molar-refractivity contribution is 0.495. The van der Waals surface area contributed by atoms with Crippen molar-refractivity contribution in [2.75, 3.05) is 0 Å². The summed E-state index contributed by atoms with van der Waals surface area (Å²) in [5.41, 5.74) is 3.36. The molecule has 0 spiro atoms. The number of allylic oxidation sites excluding steroid dienone is 3. The Balaban J connectivity index is 4.36. The summed E-state index contributed by atoms with van der Waals surface area (Å²) in [5, 5.41) is 0. The predicted molar refractivity (Wildman–Crippen MR) is 57.3 cm³/mol. The van der Waals surface area contributed by atoms with E-state index in [9.17, 15) is 0 Å². The minimum Gasteiger partial charge on any atom is -0.103 e. The van der Waals surface area contributed by atoms with Crippen molar-refractivity contribution in [2.45, 2.75) is 47.5 Å². The monoisotopic (exact) mass is 166 g/mol. The summed E-state index contributed by atoms with van der Waals surface area (Å²) in [6.07, 6.45) is 4.24. The maximum absolute atomic E-state index is 3.73. The summed E-state index contributed by atoms with van der Waals surface area (Å²) in [4.78, 5) is 0. The minimum absolute atomic E-state index is 0.325. The molecule has 0 aliphatic heterocycles. The number of rotatable bonds is 3. The van der Waals surface area contributed by atoms with Gasteiger partial charge in [0.1, 0.15) is 0 Å². The highest BCUT2D eigenvalue weighted by atomic mass is 14.2. The zero-order valence-corrected chi connectivity index (χ0v) is 9.20. The second kappa shape index (κ2) is 4.49. The van der Waals surface area contributed by atoms with Crippen LogP contribution < -0.4 is 0 Å². The lowest BCUT2D eigenvalue weighted by atomic mass is 9.84. The molecule has 0 aliphatic carbocycles. The molecule has 0 aromatic rings. The lowest BCUT2D eigenvalue weighted by Gasteiger charge is -2.22. The van der Waals surface area contributed by atoms with Crippen LogP contribution in [0.25, 0.3) is 0 Å². The average molecular weight is 166 g/mol. The van der Waals surface area contributed by atoms with Gasteiger partial charge in [0.05, 0.1) is 0 Å². The molecule has 12 heavy (non-hydrogen) atoms. The Labute approximate surface area is 77.4 Å². The van der Waals surface area contributed by atoms with E-state index in [0.717, 1.165) is 12.8 Å². The van der Waals surface area contributed by atoms with E-state index in [-0.39, 0.29) is 0 Å². The fourth-order valence-electron chi connectivity index (χ4n) is 1.15. The van der Waals surface area contributed by atoms with Crippen molar-refractivity contribution < 1.29 is 0 Å². The summed E-state index contributed by atoms with van der Waals surface area (Å²) in [6.45, 7) is 15.0. The molecule has 0 heterocycles. The van der Waals surface area contributed by atoms with Gasteiger partial charge in [-0.05, 0) is 32.1 Å². The molecule has 0 unspecified atom stereocenters. The molecule has 70 valence electrons. The summed E-state index contributed by atoms with van der Waals surface area (Å²) in [5.74, 6) is 0. The van der Waals surface area contributed by atoms with Crippen LogP contribution in [0.3, 0.4) is 0 Å². The fourth-order valence-corrected chi connectivity index (χ4v) is 1.15. The Hall–Kier alpha value is -0.520. The van der Waals surface area contributed by atoms with Gasteiger partial charge in [0, 0.05) is 0 Å². The maximum atomic E-state index is 3.73. The van der Waals surface area contributed by atoms with Gasteiger partial charge in [-0.3, -0.25) is 0 Å². The molecule has 0 fully saturated rings. The highest BCUT2D eigenvalue weighted by Gasteiger charge is 2.14. The van der Waals surface area contributed by atoms with Crippen molar-refractivity contribution in [3.8, 4) is 0 Å². The topological polar surface area (TPSA) is 0 Å². The first-order valence-corrected chi connectivity index (χ1v) is 4.67. The first kappa shape index (κ1) is 11.5. The van der Waals surface area contributed by atoms with E-state index in [0.29, 0.717) is 5.41 Å². The van der Waals surface area contributed by atoms with Crippen molar-refractivity contribution in [1.29, 1.82) is 0 Å². The highest BCUT2D eigenvalue weighted by Crippen LogP contribution is 2.28. The van der Waals surface area contributed by atoms with Crippen LogP contribution in [-0.4, -0.2) is 0 Å². The Kier molecular flexibility index (Phi) is 4.30. The molecule has 0 saturated heterocycles. The van der Waals surface area contributed by atoms with Gasteiger partial charge in [-0.25, -0.2) is 0 Å². The molecular weight excluding hydrogens is 144 g/mol. The van der Waals surface area contributed by atoms with E-state index < -0.39 is 0 Å². The molecular formula is C12H22. The van der Waals surface area contributed by atoms with E-state index in [1.807, 2.05) is 6.08 Å². The van der Waals surface area contributed by atoms with Crippen molar-refractivity contribution in [2.24, 2.45) is 5.41 Å². The van der Waals surface area contributed by atoms with Crippen LogP contribution in [-0.2, 0) is 0 Å². The molecule has 0 amide bonds. The molecule has 0 aromatic heterocycles. The Bertz CT molecular complexity index is 177. The van der Waals surface area contributed by atoms with Gasteiger partial charge in [-0.15, -0.1) is 6.58 Å². The standard InChI is InChI=1S/C12H22/c1-7-8-9-10(2)11(3)12(4,5)6/h7H,1,8-9H2,2-6H3. The quantitative estimate of drug-likeness (QED) is 0.547. The van der Waals surface area contributed by atoms with Gasteiger partial charge in [0.2, 0.25) is 0 Å². The van der Waals surface area contributed by atoms with E-state index in [1.54, 1.807) is 0 Å². The van der Waals surface area contributed by atoms with E-state index in [1.165, 1.54) is 11.1 Å². The third-order valence-corrected chi connectivity index (χ3v) is 2.49. The van der Waals surface area contributed by atoms with Crippen LogP contribution in [0.2, 0.25) is 0 Å². The molecule has 0 N–H and O–H groups in total. The first-order chi connectivity index (χ1) is 5.39. The molecule has 0 radical (unpaired) electrons. The van der Waals surface area contributed by atoms with Crippen LogP contribution in [0, 0.1) is 5.41 Å². The van der Waals surface area contributed by atoms with E-state index in [2.05, 4.69) is 41.2 Å². The van der Waals surface area contributed by atoms with E-state index >= 15 is 0 Å². The zero-order valence-electron chi connectivity index (χ0n) is 9.20. The second-order valence-corrected chi connectivity index (χ2v) is 4.48. The maximum Gasteiger partial charge on any atom is -0.0173 e. The van der Waals surface area contributed by atoms with Gasteiger partial charge in [-0.1, -0.05) is 38.0 Å². The molecule has 0 atom stereocenters. The van der Waals surface area contributed by atoms with Crippen molar-refractivity contribution >= 4 is 0 Å². The lowest BCUT2D eigenvalue weighted by Crippen LogP contribution is -2.08. The third kappa shape index (κ3) is 3.75. The third-order valence-electron chi connectivity index (χ3n) is 2.49. The van der Waals surface area contributed by atoms with Gasteiger partial charge in [-0.2, -0.15) is 0 Å². The van der Waals surface area contributed by atoms with Crippen molar-refractivity contribution in [3.63, 3.8) is 0 Å². The average Bonchev–Trinajstić information content (AvgIpc) is 1.97. The Morgan fingerprint density at radius 3 is 2.08 bits per heavy atom. The van der Waals surface area contributed by atoms with Crippen LogP contribution in [0.15, 0.2) is 23.8 Å². The Morgan fingerprint density at radius 2 is 1.75 bits per heavy atom. The first-order valence-electron chi connectivity index (χ1n) is 4.67. The summed E-state index contributed by atoms with van der Waals surface area (Å²) in [7, 11) is 0. The van der Waals surface area contributed by atoms with Crippen LogP contribution in [0.4, 0.5) is 0 Å². The van der Waals surface area contributed by atoms with Gasteiger partial charge in [0.15, 0.2) is 0 Å². The van der Waals surface area contributed by atoms with Gasteiger partial charge < -0.3 is 0 Å². The molecule has 0 aromatic carbocycles. The molecule has 0 nitrogen and oxygen atoms in total. The highest BCUT2D eigenvalue weighted by molar-refractivity contribution is 5.16. The Morgan fingerprint density at radius 1 is 1.25 bits per heavy atom. The molecule has 0 heteroatoms. The molecule has 0 bridgehead atoms. The van der Waals surface area contributed by atoms with E-state index in [4.69, 9.17) is 0 Å². The van der Waals surface area contributed by atoms with Gasteiger partial charge in [0.25, 0.3) is 0 Å². The smallest absolute Gasteiger partial charge is 0.0173 e. The van der Waals surface area contributed by atoms with Crippen molar-refractivity contribution in [3.05, 3.63) is 23.8 Å². The fraction of sp³-hybridized carbons (Fsp3) is 0.667. The number of hydrogen-bond acceptors (Lipinski definition) is 0. The predicted octanol–water partition coefficient (Wildman–Crippen LogP) is 4.34. The minimum atomic E-state index is 0.325. The normalized spacial score (nSPS) is 14.1. The second-order valence-electron chi connectivity index (χ2n) is 4.48. The summed E-state index contributed by atoms with van der Waals surface area (Å²) < 4.78 is 0. The van der Waals surface area contributed by atoms with Crippen LogP contribution in [0.5, 0.6) is 0 Å². The van der Waals surface area contributed by atoms with Crippen LogP contribution >= 0.6 is 0 Å². The zero-order chi connectivity index (χ0) is 9.78. The van der Waals surface area contributed by atoms with Crippen molar-refractivity contribution in [1.82, 2.24) is 0 Å². The summed E-state index contributed by atoms with van der Waals surface area (Å²) >= 11 is 0. The van der Waals surface area contributed by atoms with Gasteiger partial charge >= 0.3 is 0 Å². The molecule has 0 rings (SSSR count). The molecule has 0 saturated carbocycles. The van der Waals surface area contributed by atoms with Crippen LogP contribution in [0.1, 0.15) is 47.5 Å².